The van der Waals surface area contributed by atoms with Crippen molar-refractivity contribution in [2.24, 2.45) is 0 Å². The molecular weight excluding hydrogens is 584 g/mol. The van der Waals surface area contributed by atoms with Gasteiger partial charge in [0.15, 0.2) is 9.84 Å². The molecule has 2 aromatic carbocycles. The van der Waals surface area contributed by atoms with Gasteiger partial charge < -0.3 is 29.5 Å². The number of aryl methyl sites for hydroxylation is 1. The number of rotatable bonds is 12. The number of likely N-dealkylation sites (N-methyl/N-ethyl adjacent to an activating group) is 2. The molecule has 1 heterocycles. The molecule has 12 heteroatoms. The summed E-state index contributed by atoms with van der Waals surface area (Å²) in [6, 6.07) is 11.1. The molecule has 1 aliphatic heterocycles. The van der Waals surface area contributed by atoms with E-state index in [0.29, 0.717) is 37.4 Å². The number of hydrogen-bond donors (Lipinski definition) is 1. The molecule has 1 saturated heterocycles. The molecule has 0 spiro atoms. The minimum atomic E-state index is -4.00. The van der Waals surface area contributed by atoms with Gasteiger partial charge in [-0.3, -0.25) is 4.79 Å². The highest BCUT2D eigenvalue weighted by atomic mass is 32.2. The van der Waals surface area contributed by atoms with Gasteiger partial charge in [-0.1, -0.05) is 29.8 Å². The van der Waals surface area contributed by atoms with Crippen LogP contribution in [0.5, 0.6) is 5.75 Å². The van der Waals surface area contributed by atoms with E-state index in [2.05, 4.69) is 5.32 Å². The van der Waals surface area contributed by atoms with Crippen LogP contribution in [0.4, 0.5) is 4.79 Å². The Morgan fingerprint density at radius 3 is 2.16 bits per heavy atom. The summed E-state index contributed by atoms with van der Waals surface area (Å²) in [6.07, 6.45) is 0.780. The minimum Gasteiger partial charge on any atom is -0.458 e. The first-order valence-electron chi connectivity index (χ1n) is 14.8. The third-order valence-electron chi connectivity index (χ3n) is 7.14. The normalized spacial score (nSPS) is 16.0. The molecule has 1 aliphatic rings. The van der Waals surface area contributed by atoms with E-state index in [1.807, 2.05) is 25.9 Å². The van der Waals surface area contributed by atoms with Crippen LogP contribution in [0.25, 0.3) is 0 Å². The quantitative estimate of drug-likeness (QED) is 0.352. The first-order valence-corrected chi connectivity index (χ1v) is 16.4. The standard InChI is InChI=1S/C32H46N4O7S/c1-23-10-16-26(17-11-23)44(40,41)22-36(29(37)27-9-8-18-33-27)28(30(38)43-32(2,3)4)21-24-12-14-25(15-13-24)42-31(39)35(7)20-19-34(5)6/h10-17,27-28,33H,8-9,18-22H2,1-7H3/t27-,28-/m0/s1. The van der Waals surface area contributed by atoms with E-state index in [9.17, 15) is 22.8 Å². The summed E-state index contributed by atoms with van der Waals surface area (Å²) in [7, 11) is 1.49. The van der Waals surface area contributed by atoms with Crippen molar-refractivity contribution in [1.82, 2.24) is 20.0 Å². The smallest absolute Gasteiger partial charge is 0.415 e. The minimum absolute atomic E-state index is 0.00620. The van der Waals surface area contributed by atoms with E-state index >= 15 is 0 Å². The monoisotopic (exact) mass is 630 g/mol. The predicted octanol–water partition coefficient (Wildman–Crippen LogP) is 3.25. The van der Waals surface area contributed by atoms with Gasteiger partial charge >= 0.3 is 12.1 Å². The third-order valence-corrected chi connectivity index (χ3v) is 8.75. The Bertz CT molecular complexity index is 1380. The SMILES string of the molecule is Cc1ccc(S(=O)(=O)CN(C(=O)[C@@H]2CCCN2)[C@@H](Cc2ccc(OC(=O)N(C)CCN(C)C)cc2)C(=O)OC(C)(C)C)cc1. The summed E-state index contributed by atoms with van der Waals surface area (Å²) in [5, 5.41) is 3.13. The highest BCUT2D eigenvalue weighted by Crippen LogP contribution is 2.23. The predicted molar refractivity (Wildman–Crippen MR) is 168 cm³/mol. The lowest BCUT2D eigenvalue weighted by Crippen LogP contribution is -2.55. The Morgan fingerprint density at radius 2 is 1.61 bits per heavy atom. The van der Waals surface area contributed by atoms with E-state index < -0.39 is 51.4 Å². The zero-order valence-corrected chi connectivity index (χ0v) is 27.6. The molecule has 1 fully saturated rings. The van der Waals surface area contributed by atoms with Gasteiger partial charge in [-0.25, -0.2) is 18.0 Å². The summed E-state index contributed by atoms with van der Waals surface area (Å²) in [5.74, 6) is -1.55. The third kappa shape index (κ3) is 10.3. The number of carbonyl (C=O) groups is 3. The maximum absolute atomic E-state index is 13.9. The molecule has 0 aliphatic carbocycles. The van der Waals surface area contributed by atoms with Gasteiger partial charge in [0.2, 0.25) is 5.91 Å². The van der Waals surface area contributed by atoms with Gasteiger partial charge in [0.05, 0.1) is 10.9 Å². The second-order valence-electron chi connectivity index (χ2n) is 12.5. The lowest BCUT2D eigenvalue weighted by molar-refractivity contribution is -0.164. The van der Waals surface area contributed by atoms with Crippen LogP contribution in [0.3, 0.4) is 0 Å². The van der Waals surface area contributed by atoms with Crippen LogP contribution < -0.4 is 10.1 Å². The molecule has 0 unspecified atom stereocenters. The zero-order chi connectivity index (χ0) is 32.7. The number of ether oxygens (including phenoxy) is 2. The molecule has 242 valence electrons. The molecule has 0 bridgehead atoms. The number of benzene rings is 2. The second kappa shape index (κ2) is 15.0. The fourth-order valence-electron chi connectivity index (χ4n) is 4.63. The van der Waals surface area contributed by atoms with Crippen LogP contribution in [0, 0.1) is 6.92 Å². The summed E-state index contributed by atoms with van der Waals surface area (Å²) in [4.78, 5) is 44.7. The fourth-order valence-corrected chi connectivity index (χ4v) is 6.01. The summed E-state index contributed by atoms with van der Waals surface area (Å²) >= 11 is 0. The molecule has 2 atom stereocenters. The van der Waals surface area contributed by atoms with E-state index in [4.69, 9.17) is 9.47 Å². The van der Waals surface area contributed by atoms with E-state index in [1.54, 1.807) is 64.2 Å². The van der Waals surface area contributed by atoms with E-state index in [1.165, 1.54) is 17.0 Å². The number of nitrogens with zero attached hydrogens (tertiary/aromatic N) is 3. The van der Waals surface area contributed by atoms with Crippen molar-refractivity contribution in [1.29, 1.82) is 0 Å². The van der Waals surface area contributed by atoms with Crippen LogP contribution in [0.2, 0.25) is 0 Å². The molecule has 0 aromatic heterocycles. The molecule has 0 saturated carbocycles. The van der Waals surface area contributed by atoms with Crippen LogP contribution in [0.1, 0.15) is 44.7 Å². The lowest BCUT2D eigenvalue weighted by Gasteiger charge is -2.34. The van der Waals surface area contributed by atoms with Gasteiger partial charge in [0, 0.05) is 26.6 Å². The van der Waals surface area contributed by atoms with Gasteiger partial charge in [0.25, 0.3) is 0 Å². The molecular formula is C32H46N4O7S. The van der Waals surface area contributed by atoms with Gasteiger partial charge in [0.1, 0.15) is 23.3 Å². The van der Waals surface area contributed by atoms with Crippen molar-refractivity contribution in [2.45, 2.75) is 69.5 Å². The highest BCUT2D eigenvalue weighted by Gasteiger charge is 2.39. The maximum Gasteiger partial charge on any atom is 0.415 e. The van der Waals surface area contributed by atoms with Crippen LogP contribution >= 0.6 is 0 Å². The summed E-state index contributed by atoms with van der Waals surface area (Å²) in [6.45, 7) is 8.80. The van der Waals surface area contributed by atoms with Gasteiger partial charge in [-0.15, -0.1) is 0 Å². The number of hydrogen-bond acceptors (Lipinski definition) is 9. The van der Waals surface area contributed by atoms with Crippen molar-refractivity contribution >= 4 is 27.8 Å². The zero-order valence-electron chi connectivity index (χ0n) is 26.8. The Morgan fingerprint density at radius 1 is 0.977 bits per heavy atom. The molecule has 3 rings (SSSR count). The molecule has 1 N–H and O–H groups in total. The number of sulfone groups is 1. The Labute approximate surface area is 261 Å². The molecule has 2 aromatic rings. The number of esters is 1. The first kappa shape index (κ1) is 35.0. The second-order valence-corrected chi connectivity index (χ2v) is 14.5. The largest absolute Gasteiger partial charge is 0.458 e. The Balaban J connectivity index is 1.91. The number of carbonyl (C=O) groups excluding carboxylic acids is 3. The average molecular weight is 631 g/mol. The molecule has 11 nitrogen and oxygen atoms in total. The van der Waals surface area contributed by atoms with Gasteiger partial charge in [-0.2, -0.15) is 0 Å². The van der Waals surface area contributed by atoms with Crippen LogP contribution in [-0.4, -0.2) is 105 Å². The van der Waals surface area contributed by atoms with Crippen molar-refractivity contribution in [3.05, 3.63) is 59.7 Å². The molecule has 0 radical (unpaired) electrons. The van der Waals surface area contributed by atoms with Crippen LogP contribution in [-0.2, 0) is 30.6 Å². The van der Waals surface area contributed by atoms with Crippen LogP contribution in [0.15, 0.2) is 53.4 Å². The van der Waals surface area contributed by atoms with Crippen molar-refractivity contribution in [2.75, 3.05) is 46.7 Å². The molecule has 44 heavy (non-hydrogen) atoms. The highest BCUT2D eigenvalue weighted by molar-refractivity contribution is 7.91. The van der Waals surface area contributed by atoms with Crippen molar-refractivity contribution < 1.29 is 32.3 Å². The average Bonchev–Trinajstić information content (AvgIpc) is 3.48. The number of nitrogens with one attached hydrogen (secondary N) is 1. The van der Waals surface area contributed by atoms with Gasteiger partial charge in [-0.05, 0) is 91.0 Å². The van der Waals surface area contributed by atoms with E-state index in [0.717, 1.165) is 16.9 Å². The van der Waals surface area contributed by atoms with Crippen molar-refractivity contribution in [3.63, 3.8) is 0 Å². The Hall–Kier alpha value is -3.48. The summed E-state index contributed by atoms with van der Waals surface area (Å²) < 4.78 is 38.4. The number of amides is 2. The molecule has 2 amide bonds. The topological polar surface area (TPSA) is 126 Å². The van der Waals surface area contributed by atoms with E-state index in [-0.39, 0.29) is 11.3 Å². The van der Waals surface area contributed by atoms with Crippen molar-refractivity contribution in [3.8, 4) is 5.75 Å². The Kier molecular flexibility index (Phi) is 11.9. The maximum atomic E-state index is 13.9. The summed E-state index contributed by atoms with van der Waals surface area (Å²) in [5.41, 5.74) is 0.654. The first-order chi connectivity index (χ1) is 20.6. The fraction of sp³-hybridized carbons (Fsp3) is 0.531. The lowest BCUT2D eigenvalue weighted by atomic mass is 10.0.